The van der Waals surface area contributed by atoms with E-state index in [0.29, 0.717) is 0 Å². The average Bonchev–Trinajstić information content (AvgIpc) is 2.89. The zero-order valence-electron chi connectivity index (χ0n) is 7.97. The van der Waals surface area contributed by atoms with Crippen LogP contribution in [0.4, 0.5) is 0 Å². The molecule has 2 aliphatic rings. The second-order valence-electron chi connectivity index (χ2n) is 3.28. The highest BCUT2D eigenvalue weighted by molar-refractivity contribution is 4.51. The molecule has 2 aliphatic carbocycles. The van der Waals surface area contributed by atoms with Crippen molar-refractivity contribution < 1.29 is 10.2 Å². The summed E-state index contributed by atoms with van der Waals surface area (Å²) in [6.07, 6.45) is 12.0. The lowest BCUT2D eigenvalue weighted by Gasteiger charge is -1.70. The molecule has 0 saturated heterocycles. The molecule has 2 rings (SSSR count). The lowest BCUT2D eigenvalue weighted by atomic mass is 10.4. The fourth-order valence-corrected chi connectivity index (χ4v) is 0.884. The molecule has 0 aromatic carbocycles. The van der Waals surface area contributed by atoms with Gasteiger partial charge in [-0.2, -0.15) is 0 Å². The van der Waals surface area contributed by atoms with Crippen molar-refractivity contribution in [1.82, 2.24) is 0 Å². The second-order valence-corrected chi connectivity index (χ2v) is 3.28. The summed E-state index contributed by atoms with van der Waals surface area (Å²) >= 11 is 0. The van der Waals surface area contributed by atoms with Crippen LogP contribution in [-0.2, 0) is 0 Å². The van der Waals surface area contributed by atoms with Crippen LogP contribution in [0.1, 0.15) is 51.4 Å². The molecule has 2 saturated carbocycles. The maximum atomic E-state index is 7.62. The summed E-state index contributed by atoms with van der Waals surface area (Å²) in [5.74, 6) is 0. The molecule has 0 amide bonds. The highest BCUT2D eigenvalue weighted by Gasteiger charge is 1.95. The zero-order chi connectivity index (χ0) is 9.07. The maximum Gasteiger partial charge on any atom is 0.0662 e. The minimum atomic E-state index is -0.125. The summed E-state index contributed by atoms with van der Waals surface area (Å²) in [5.41, 5.74) is 0. The number of hydrogen-bond acceptors (Lipinski definition) is 2. The van der Waals surface area contributed by atoms with Gasteiger partial charge in [-0.1, -0.05) is 51.4 Å². The van der Waals surface area contributed by atoms with Gasteiger partial charge < -0.3 is 10.2 Å². The summed E-state index contributed by atoms with van der Waals surface area (Å²) in [4.78, 5) is 0. The first-order valence-electron chi connectivity index (χ1n) is 5.13. The molecule has 2 heteroatoms. The van der Waals surface area contributed by atoms with Gasteiger partial charge in [0.25, 0.3) is 0 Å². The fourth-order valence-electron chi connectivity index (χ4n) is 0.884. The Kier molecular flexibility index (Phi) is 10.8. The summed E-state index contributed by atoms with van der Waals surface area (Å²) in [5, 5.41) is 15.2. The minimum absolute atomic E-state index is 0.125. The van der Waals surface area contributed by atoms with Gasteiger partial charge in [0.15, 0.2) is 0 Å². The van der Waals surface area contributed by atoms with Crippen LogP contribution in [0.25, 0.3) is 0 Å². The molecule has 2 fully saturated rings. The van der Waals surface area contributed by atoms with Gasteiger partial charge >= 0.3 is 0 Å². The second kappa shape index (κ2) is 10.9. The zero-order valence-corrected chi connectivity index (χ0v) is 7.97. The molecule has 0 radical (unpaired) electrons. The summed E-state index contributed by atoms with van der Waals surface area (Å²) < 4.78 is 0. The van der Waals surface area contributed by atoms with Crippen LogP contribution in [0.2, 0.25) is 0 Å². The molecule has 12 heavy (non-hydrogen) atoms. The molecule has 2 N–H and O–H groups in total. The topological polar surface area (TPSA) is 40.5 Å². The van der Waals surface area contributed by atoms with E-state index < -0.39 is 0 Å². The van der Waals surface area contributed by atoms with Crippen LogP contribution in [0, 0.1) is 0 Å². The van der Waals surface area contributed by atoms with Crippen molar-refractivity contribution in [2.75, 3.05) is 13.2 Å². The summed E-state index contributed by atoms with van der Waals surface area (Å²) in [6.45, 7) is -0.250. The molecule has 0 aromatic rings. The summed E-state index contributed by atoms with van der Waals surface area (Å²) in [6, 6.07) is 0. The predicted octanol–water partition coefficient (Wildman–Crippen LogP) is 2.09. The van der Waals surface area contributed by atoms with E-state index in [1.165, 1.54) is 51.4 Å². The molecule has 0 aromatic heterocycles. The lowest BCUT2D eigenvalue weighted by Crippen LogP contribution is -1.85. The van der Waals surface area contributed by atoms with Crippen molar-refractivity contribution in [1.29, 1.82) is 0 Å². The number of aliphatic hydroxyl groups is 2. The lowest BCUT2D eigenvalue weighted by molar-refractivity contribution is 0.186. The molecule has 2 nitrogen and oxygen atoms in total. The van der Waals surface area contributed by atoms with Crippen LogP contribution in [0.3, 0.4) is 0 Å². The van der Waals surface area contributed by atoms with E-state index in [-0.39, 0.29) is 13.2 Å². The van der Waals surface area contributed by atoms with Gasteiger partial charge in [0.2, 0.25) is 0 Å². The molecule has 74 valence electrons. The van der Waals surface area contributed by atoms with E-state index in [1.807, 2.05) is 0 Å². The Bertz CT molecular complexity index is 55.9. The van der Waals surface area contributed by atoms with Gasteiger partial charge in [-0.15, -0.1) is 0 Å². The van der Waals surface area contributed by atoms with Gasteiger partial charge in [0.1, 0.15) is 0 Å². The van der Waals surface area contributed by atoms with E-state index in [2.05, 4.69) is 0 Å². The normalized spacial score (nSPS) is 18.5. The van der Waals surface area contributed by atoms with Crippen molar-refractivity contribution in [3.8, 4) is 0 Å². The third-order valence-electron chi connectivity index (χ3n) is 1.70. The third kappa shape index (κ3) is 16.5. The molecule has 0 heterocycles. The Balaban J connectivity index is 0.000000156. The van der Waals surface area contributed by atoms with Crippen LogP contribution < -0.4 is 0 Å². The highest BCUT2D eigenvalue weighted by Crippen LogP contribution is 2.15. The molecule has 0 bridgehead atoms. The molecule has 0 atom stereocenters. The van der Waals surface area contributed by atoms with Gasteiger partial charge in [0, 0.05) is 0 Å². The predicted molar refractivity (Wildman–Crippen MR) is 51.1 cm³/mol. The Labute approximate surface area is 75.6 Å². The van der Waals surface area contributed by atoms with Gasteiger partial charge in [-0.3, -0.25) is 0 Å². The molecular formula is C10H22O2. The monoisotopic (exact) mass is 174 g/mol. The Hall–Kier alpha value is -0.0800. The van der Waals surface area contributed by atoms with Gasteiger partial charge in [-0.05, 0) is 0 Å². The van der Waals surface area contributed by atoms with Crippen molar-refractivity contribution in [3.63, 3.8) is 0 Å². The molecule has 0 unspecified atom stereocenters. The Morgan fingerprint density at radius 1 is 0.500 bits per heavy atom. The van der Waals surface area contributed by atoms with E-state index in [9.17, 15) is 0 Å². The Morgan fingerprint density at radius 2 is 0.667 bits per heavy atom. The van der Waals surface area contributed by atoms with Crippen molar-refractivity contribution in [2.24, 2.45) is 0 Å². The van der Waals surface area contributed by atoms with Crippen LogP contribution >= 0.6 is 0 Å². The maximum absolute atomic E-state index is 7.62. The first-order valence-corrected chi connectivity index (χ1v) is 5.13. The molecule has 0 aliphatic heterocycles. The minimum Gasteiger partial charge on any atom is -0.394 e. The van der Waals surface area contributed by atoms with E-state index in [4.69, 9.17) is 10.2 Å². The Morgan fingerprint density at radius 3 is 0.750 bits per heavy atom. The summed E-state index contributed by atoms with van der Waals surface area (Å²) in [7, 11) is 0. The highest BCUT2D eigenvalue weighted by atomic mass is 16.3. The SMILES string of the molecule is C1CC1.C1CCCC1.OCCO. The smallest absolute Gasteiger partial charge is 0.0662 e. The van der Waals surface area contributed by atoms with Gasteiger partial charge in [-0.25, -0.2) is 0 Å². The fraction of sp³-hybridized carbons (Fsp3) is 1.00. The van der Waals surface area contributed by atoms with Crippen molar-refractivity contribution in [3.05, 3.63) is 0 Å². The quantitative estimate of drug-likeness (QED) is 0.639. The first-order chi connectivity index (χ1) is 5.91. The average molecular weight is 174 g/mol. The van der Waals surface area contributed by atoms with E-state index in [0.717, 1.165) is 0 Å². The van der Waals surface area contributed by atoms with Crippen molar-refractivity contribution in [2.45, 2.75) is 51.4 Å². The van der Waals surface area contributed by atoms with Gasteiger partial charge in [0.05, 0.1) is 13.2 Å². The first kappa shape index (κ1) is 11.9. The largest absolute Gasteiger partial charge is 0.394 e. The van der Waals surface area contributed by atoms with Crippen LogP contribution in [0.15, 0.2) is 0 Å². The number of rotatable bonds is 1. The molecular weight excluding hydrogens is 152 g/mol. The molecule has 0 spiro atoms. The third-order valence-corrected chi connectivity index (χ3v) is 1.70. The number of aliphatic hydroxyl groups excluding tert-OH is 2. The van der Waals surface area contributed by atoms with E-state index in [1.54, 1.807) is 0 Å². The standard InChI is InChI=1S/C5H10.C3H6.C2H6O2/c1-2-4-5-3-1;1-2-3-1;3-1-2-4/h1-5H2;1-3H2;3-4H,1-2H2. The van der Waals surface area contributed by atoms with Crippen LogP contribution in [-0.4, -0.2) is 23.4 Å². The van der Waals surface area contributed by atoms with E-state index >= 15 is 0 Å². The van der Waals surface area contributed by atoms with Crippen molar-refractivity contribution >= 4 is 0 Å². The number of hydrogen-bond donors (Lipinski definition) is 2. The van der Waals surface area contributed by atoms with Crippen LogP contribution in [0.5, 0.6) is 0 Å².